The molecule has 0 atom stereocenters. The summed E-state index contributed by atoms with van der Waals surface area (Å²) < 4.78 is 13.0. The van der Waals surface area contributed by atoms with Crippen LogP contribution in [-0.2, 0) is 0 Å². The van der Waals surface area contributed by atoms with Crippen molar-refractivity contribution >= 4 is 17.7 Å². The summed E-state index contributed by atoms with van der Waals surface area (Å²) in [4.78, 5) is 11.8. The molecule has 2 rings (SSSR count). The summed E-state index contributed by atoms with van der Waals surface area (Å²) in [5.41, 5.74) is -0.530. The van der Waals surface area contributed by atoms with Crippen molar-refractivity contribution in [2.75, 3.05) is 18.1 Å². The van der Waals surface area contributed by atoms with Gasteiger partial charge in [-0.3, -0.25) is 4.79 Å². The predicted molar refractivity (Wildman–Crippen MR) is 70.2 cm³/mol. The first-order chi connectivity index (χ1) is 8.59. The van der Waals surface area contributed by atoms with Crippen molar-refractivity contribution in [2.45, 2.75) is 18.4 Å². The van der Waals surface area contributed by atoms with Gasteiger partial charge in [-0.25, -0.2) is 4.39 Å². The number of hydrogen-bond acceptors (Lipinski definition) is 3. The molecular formula is C13H16FNO2S. The monoisotopic (exact) mass is 269 g/mol. The second kappa shape index (κ2) is 5.71. The van der Waals surface area contributed by atoms with Crippen LogP contribution in [0.1, 0.15) is 23.2 Å². The van der Waals surface area contributed by atoms with Gasteiger partial charge in [-0.15, -0.1) is 0 Å². The first-order valence-electron chi connectivity index (χ1n) is 5.93. The summed E-state index contributed by atoms with van der Waals surface area (Å²) in [5, 5.41) is 12.9. The van der Waals surface area contributed by atoms with E-state index in [2.05, 4.69) is 5.32 Å². The molecule has 1 aliphatic rings. The molecule has 0 spiro atoms. The Morgan fingerprint density at radius 3 is 2.83 bits per heavy atom. The van der Waals surface area contributed by atoms with Crippen molar-refractivity contribution in [1.82, 2.24) is 5.32 Å². The van der Waals surface area contributed by atoms with Crippen LogP contribution >= 0.6 is 11.8 Å². The van der Waals surface area contributed by atoms with E-state index in [9.17, 15) is 14.3 Å². The highest BCUT2D eigenvalue weighted by atomic mass is 32.2. The number of nitrogens with one attached hydrogen (secondary N) is 1. The van der Waals surface area contributed by atoms with E-state index >= 15 is 0 Å². The molecule has 1 saturated heterocycles. The van der Waals surface area contributed by atoms with E-state index in [0.717, 1.165) is 11.5 Å². The van der Waals surface area contributed by atoms with E-state index in [-0.39, 0.29) is 18.0 Å². The van der Waals surface area contributed by atoms with Crippen LogP contribution in [-0.4, -0.2) is 34.7 Å². The average Bonchev–Trinajstić information content (AvgIpc) is 2.37. The number of amides is 1. The third kappa shape index (κ3) is 3.46. The quantitative estimate of drug-likeness (QED) is 0.880. The van der Waals surface area contributed by atoms with Crippen LogP contribution in [0.5, 0.6) is 0 Å². The lowest BCUT2D eigenvalue weighted by Gasteiger charge is -2.31. The highest BCUT2D eigenvalue weighted by molar-refractivity contribution is 7.99. The molecule has 1 heterocycles. The molecule has 1 amide bonds. The predicted octanol–water partition coefficient (Wildman–Crippen LogP) is 1.81. The van der Waals surface area contributed by atoms with Gasteiger partial charge in [0.2, 0.25) is 0 Å². The standard InChI is InChI=1S/C13H16FNO2S/c14-11-3-1-2-10(8-11)12(16)15-9-13(17)4-6-18-7-5-13/h1-3,8,17H,4-7,9H2,(H,15,16). The fourth-order valence-electron chi connectivity index (χ4n) is 1.90. The van der Waals surface area contributed by atoms with Crippen molar-refractivity contribution < 1.29 is 14.3 Å². The fourth-order valence-corrected chi connectivity index (χ4v) is 3.16. The zero-order valence-corrected chi connectivity index (χ0v) is 10.8. The smallest absolute Gasteiger partial charge is 0.251 e. The number of aliphatic hydroxyl groups is 1. The van der Waals surface area contributed by atoms with Crippen LogP contribution < -0.4 is 5.32 Å². The average molecular weight is 269 g/mol. The maximum absolute atomic E-state index is 13.0. The van der Waals surface area contributed by atoms with Crippen LogP contribution in [0.25, 0.3) is 0 Å². The molecule has 0 aliphatic carbocycles. The highest BCUT2D eigenvalue weighted by Gasteiger charge is 2.29. The summed E-state index contributed by atoms with van der Waals surface area (Å²) in [5.74, 6) is 1.04. The Morgan fingerprint density at radius 1 is 1.44 bits per heavy atom. The number of hydrogen-bond donors (Lipinski definition) is 2. The number of thioether (sulfide) groups is 1. The molecule has 5 heteroatoms. The van der Waals surface area contributed by atoms with Crippen molar-refractivity contribution in [2.24, 2.45) is 0 Å². The molecule has 18 heavy (non-hydrogen) atoms. The van der Waals surface area contributed by atoms with Gasteiger partial charge in [0.15, 0.2) is 0 Å². The van der Waals surface area contributed by atoms with Gasteiger partial charge in [-0.05, 0) is 42.5 Å². The molecule has 3 nitrogen and oxygen atoms in total. The summed E-state index contributed by atoms with van der Waals surface area (Å²) in [6.45, 7) is 0.225. The minimum atomic E-state index is -0.811. The van der Waals surface area contributed by atoms with Crippen molar-refractivity contribution in [3.63, 3.8) is 0 Å². The normalized spacial score (nSPS) is 18.3. The highest BCUT2D eigenvalue weighted by Crippen LogP contribution is 2.26. The van der Waals surface area contributed by atoms with Gasteiger partial charge in [0.05, 0.1) is 5.60 Å². The van der Waals surface area contributed by atoms with Gasteiger partial charge in [-0.2, -0.15) is 11.8 Å². The summed E-state index contributed by atoms with van der Waals surface area (Å²) in [7, 11) is 0. The Labute approximate surface area is 110 Å². The molecule has 1 fully saturated rings. The van der Waals surface area contributed by atoms with Crippen LogP contribution in [0.2, 0.25) is 0 Å². The molecule has 98 valence electrons. The van der Waals surface area contributed by atoms with Gasteiger partial charge in [0.1, 0.15) is 5.82 Å². The fraction of sp³-hybridized carbons (Fsp3) is 0.462. The zero-order chi connectivity index (χ0) is 13.0. The van der Waals surface area contributed by atoms with E-state index in [1.54, 1.807) is 6.07 Å². The Hall–Kier alpha value is -1.07. The minimum Gasteiger partial charge on any atom is -0.388 e. The Morgan fingerprint density at radius 2 is 2.17 bits per heavy atom. The van der Waals surface area contributed by atoms with E-state index < -0.39 is 11.4 Å². The molecule has 0 aromatic heterocycles. The largest absolute Gasteiger partial charge is 0.388 e. The lowest BCUT2D eigenvalue weighted by atomic mass is 9.97. The van der Waals surface area contributed by atoms with Crippen LogP contribution in [0.15, 0.2) is 24.3 Å². The maximum atomic E-state index is 13.0. The number of halogens is 1. The topological polar surface area (TPSA) is 49.3 Å². The summed E-state index contributed by atoms with van der Waals surface area (Å²) >= 11 is 1.81. The number of rotatable bonds is 3. The van der Waals surface area contributed by atoms with E-state index in [4.69, 9.17) is 0 Å². The molecular weight excluding hydrogens is 253 g/mol. The molecule has 0 saturated carbocycles. The van der Waals surface area contributed by atoms with Gasteiger partial charge in [0, 0.05) is 12.1 Å². The molecule has 1 aliphatic heterocycles. The third-order valence-electron chi connectivity index (χ3n) is 3.09. The number of carbonyl (C=O) groups is 1. The van der Waals surface area contributed by atoms with E-state index in [1.165, 1.54) is 18.2 Å². The van der Waals surface area contributed by atoms with Crippen LogP contribution in [0, 0.1) is 5.82 Å². The SMILES string of the molecule is O=C(NCC1(O)CCSCC1)c1cccc(F)c1. The lowest BCUT2D eigenvalue weighted by molar-refractivity contribution is 0.0311. The number of benzene rings is 1. The zero-order valence-electron chi connectivity index (χ0n) is 9.99. The van der Waals surface area contributed by atoms with Gasteiger partial charge >= 0.3 is 0 Å². The van der Waals surface area contributed by atoms with Gasteiger partial charge < -0.3 is 10.4 Å². The third-order valence-corrected chi connectivity index (χ3v) is 4.07. The van der Waals surface area contributed by atoms with Crippen LogP contribution in [0.4, 0.5) is 4.39 Å². The van der Waals surface area contributed by atoms with Crippen molar-refractivity contribution in [3.8, 4) is 0 Å². The minimum absolute atomic E-state index is 0.225. The maximum Gasteiger partial charge on any atom is 0.251 e. The van der Waals surface area contributed by atoms with E-state index in [0.29, 0.717) is 12.8 Å². The van der Waals surface area contributed by atoms with Crippen LogP contribution in [0.3, 0.4) is 0 Å². The van der Waals surface area contributed by atoms with Crippen molar-refractivity contribution in [1.29, 1.82) is 0 Å². The van der Waals surface area contributed by atoms with Gasteiger partial charge in [-0.1, -0.05) is 6.07 Å². The molecule has 1 aromatic carbocycles. The summed E-state index contributed by atoms with van der Waals surface area (Å²) in [6, 6.07) is 5.54. The Kier molecular flexibility index (Phi) is 4.24. The second-order valence-corrected chi connectivity index (χ2v) is 5.75. The molecule has 0 radical (unpaired) electrons. The molecule has 0 bridgehead atoms. The lowest BCUT2D eigenvalue weighted by Crippen LogP contribution is -2.45. The first kappa shape index (κ1) is 13.4. The van der Waals surface area contributed by atoms with Crippen molar-refractivity contribution in [3.05, 3.63) is 35.6 Å². The molecule has 2 N–H and O–H groups in total. The Balaban J connectivity index is 1.92. The molecule has 1 aromatic rings. The summed E-state index contributed by atoms with van der Waals surface area (Å²) in [6.07, 6.45) is 1.36. The Bertz CT molecular complexity index is 433. The number of carbonyl (C=O) groups excluding carboxylic acids is 1. The van der Waals surface area contributed by atoms with Gasteiger partial charge in [0.25, 0.3) is 5.91 Å². The van der Waals surface area contributed by atoms with E-state index in [1.807, 2.05) is 11.8 Å². The first-order valence-corrected chi connectivity index (χ1v) is 7.08. The second-order valence-electron chi connectivity index (χ2n) is 4.53. The molecule has 0 unspecified atom stereocenters.